The summed E-state index contributed by atoms with van der Waals surface area (Å²) in [5.41, 5.74) is 1.29. The largest absolute Gasteiger partial charge is 0.497 e. The Balaban J connectivity index is 1.99. The van der Waals surface area contributed by atoms with Gasteiger partial charge in [-0.3, -0.25) is 0 Å². The number of thioether (sulfide) groups is 1. The van der Waals surface area contributed by atoms with Gasteiger partial charge >= 0.3 is 0 Å². The average molecular weight is 274 g/mol. The van der Waals surface area contributed by atoms with Crippen LogP contribution in [0.3, 0.4) is 0 Å². The van der Waals surface area contributed by atoms with E-state index in [1.54, 1.807) is 7.11 Å². The number of hydrogen-bond donors (Lipinski definition) is 0. The lowest BCUT2D eigenvalue weighted by Gasteiger charge is -2.12. The van der Waals surface area contributed by atoms with Crippen molar-refractivity contribution in [2.75, 3.05) is 26.1 Å². The highest BCUT2D eigenvalue weighted by molar-refractivity contribution is 7.98. The topological polar surface area (TPSA) is 25.4 Å². The first-order chi connectivity index (χ1) is 9.19. The van der Waals surface area contributed by atoms with E-state index in [1.165, 1.54) is 10.5 Å². The van der Waals surface area contributed by atoms with Crippen LogP contribution in [0.5, 0.6) is 5.75 Å². The lowest BCUT2D eigenvalue weighted by Crippen LogP contribution is -2.10. The van der Waals surface area contributed by atoms with Gasteiger partial charge in [0.2, 0.25) is 0 Å². The standard InChI is InChI=1S/C15H18N2OS/c1-17(2)15-10-14(8-9-16-15)19-11-12-4-6-13(18-3)7-5-12/h4-10H,11H2,1-3H3. The number of nitrogens with zero attached hydrogens (tertiary/aromatic N) is 2. The minimum Gasteiger partial charge on any atom is -0.497 e. The van der Waals surface area contributed by atoms with Gasteiger partial charge in [-0.05, 0) is 29.8 Å². The fraction of sp³-hybridized carbons (Fsp3) is 0.267. The maximum atomic E-state index is 5.15. The predicted molar refractivity (Wildman–Crippen MR) is 81.1 cm³/mol. The third kappa shape index (κ3) is 3.89. The molecule has 1 heterocycles. The number of benzene rings is 1. The molecule has 0 aliphatic carbocycles. The van der Waals surface area contributed by atoms with Crippen LogP contribution in [0, 0.1) is 0 Å². The van der Waals surface area contributed by atoms with Gasteiger partial charge in [0, 0.05) is 30.9 Å². The van der Waals surface area contributed by atoms with Gasteiger partial charge in [-0.2, -0.15) is 0 Å². The highest BCUT2D eigenvalue weighted by atomic mass is 32.2. The van der Waals surface area contributed by atoms with Crippen LogP contribution < -0.4 is 9.64 Å². The predicted octanol–water partition coefficient (Wildman–Crippen LogP) is 3.45. The van der Waals surface area contributed by atoms with Gasteiger partial charge in [0.05, 0.1) is 7.11 Å². The monoisotopic (exact) mass is 274 g/mol. The summed E-state index contributed by atoms with van der Waals surface area (Å²) in [6.45, 7) is 0. The summed E-state index contributed by atoms with van der Waals surface area (Å²) in [6, 6.07) is 12.3. The van der Waals surface area contributed by atoms with Gasteiger partial charge < -0.3 is 9.64 Å². The summed E-state index contributed by atoms with van der Waals surface area (Å²) >= 11 is 1.81. The molecule has 4 heteroatoms. The molecule has 2 aromatic rings. The Morgan fingerprint density at radius 3 is 2.53 bits per heavy atom. The zero-order chi connectivity index (χ0) is 13.7. The van der Waals surface area contributed by atoms with E-state index in [1.807, 2.05) is 55.2 Å². The number of methoxy groups -OCH3 is 1. The van der Waals surface area contributed by atoms with E-state index in [0.29, 0.717) is 0 Å². The molecule has 0 aliphatic heterocycles. The van der Waals surface area contributed by atoms with E-state index < -0.39 is 0 Å². The summed E-state index contributed by atoms with van der Waals surface area (Å²) in [7, 11) is 5.68. The van der Waals surface area contributed by atoms with Crippen molar-refractivity contribution in [2.24, 2.45) is 0 Å². The Kier molecular flexibility index (Phi) is 4.68. The molecule has 0 saturated heterocycles. The van der Waals surface area contributed by atoms with Crippen molar-refractivity contribution in [3.05, 3.63) is 48.2 Å². The van der Waals surface area contributed by atoms with Crippen molar-refractivity contribution < 1.29 is 4.74 Å². The summed E-state index contributed by atoms with van der Waals surface area (Å²) in [5, 5.41) is 0. The van der Waals surface area contributed by atoms with Gasteiger partial charge in [-0.1, -0.05) is 12.1 Å². The minimum absolute atomic E-state index is 0.896. The molecule has 0 unspecified atom stereocenters. The molecule has 0 amide bonds. The van der Waals surface area contributed by atoms with Crippen molar-refractivity contribution in [1.29, 1.82) is 0 Å². The molecule has 0 saturated carbocycles. The second-order valence-electron chi connectivity index (χ2n) is 4.38. The van der Waals surface area contributed by atoms with Gasteiger partial charge in [-0.15, -0.1) is 11.8 Å². The maximum Gasteiger partial charge on any atom is 0.129 e. The number of aromatic nitrogens is 1. The number of ether oxygens (including phenoxy) is 1. The first kappa shape index (κ1) is 13.7. The minimum atomic E-state index is 0.896. The molecular weight excluding hydrogens is 256 g/mol. The van der Waals surface area contributed by atoms with Crippen LogP contribution in [0.15, 0.2) is 47.5 Å². The van der Waals surface area contributed by atoms with Crippen LogP contribution in [-0.4, -0.2) is 26.2 Å². The summed E-state index contributed by atoms with van der Waals surface area (Å²) < 4.78 is 5.15. The quantitative estimate of drug-likeness (QED) is 0.780. The third-order valence-corrected chi connectivity index (χ3v) is 3.80. The van der Waals surface area contributed by atoms with Crippen molar-refractivity contribution in [2.45, 2.75) is 10.6 Å². The number of pyridine rings is 1. The van der Waals surface area contributed by atoms with E-state index in [4.69, 9.17) is 4.74 Å². The van der Waals surface area contributed by atoms with Crippen LogP contribution in [-0.2, 0) is 5.75 Å². The number of hydrogen-bond acceptors (Lipinski definition) is 4. The Hall–Kier alpha value is -1.68. The lowest BCUT2D eigenvalue weighted by molar-refractivity contribution is 0.414. The van der Waals surface area contributed by atoms with Crippen molar-refractivity contribution >= 4 is 17.6 Å². The Labute approximate surface area is 118 Å². The Morgan fingerprint density at radius 1 is 1.16 bits per heavy atom. The first-order valence-electron chi connectivity index (χ1n) is 6.08. The second-order valence-corrected chi connectivity index (χ2v) is 5.43. The molecular formula is C15H18N2OS. The van der Waals surface area contributed by atoms with Crippen LogP contribution in [0.2, 0.25) is 0 Å². The fourth-order valence-corrected chi connectivity index (χ4v) is 2.49. The second kappa shape index (κ2) is 6.48. The van der Waals surface area contributed by atoms with Crippen LogP contribution >= 0.6 is 11.8 Å². The van der Waals surface area contributed by atoms with Gasteiger partial charge in [-0.25, -0.2) is 4.98 Å². The fourth-order valence-electron chi connectivity index (χ4n) is 1.62. The molecule has 0 spiro atoms. The number of anilines is 1. The normalized spacial score (nSPS) is 10.3. The van der Waals surface area contributed by atoms with Crippen molar-refractivity contribution in [1.82, 2.24) is 4.98 Å². The molecule has 0 bridgehead atoms. The summed E-state index contributed by atoms with van der Waals surface area (Å²) in [5.74, 6) is 2.83. The third-order valence-electron chi connectivity index (χ3n) is 2.74. The van der Waals surface area contributed by atoms with E-state index in [0.717, 1.165) is 17.3 Å². The molecule has 3 nitrogen and oxygen atoms in total. The molecule has 2 rings (SSSR count). The van der Waals surface area contributed by atoms with Crippen LogP contribution in [0.4, 0.5) is 5.82 Å². The summed E-state index contributed by atoms with van der Waals surface area (Å²) in [6.07, 6.45) is 1.85. The molecule has 0 fully saturated rings. The zero-order valence-electron chi connectivity index (χ0n) is 11.5. The van der Waals surface area contributed by atoms with Gasteiger partial charge in [0.1, 0.15) is 11.6 Å². The molecule has 0 aliphatic rings. The van der Waals surface area contributed by atoms with E-state index in [9.17, 15) is 0 Å². The van der Waals surface area contributed by atoms with Crippen molar-refractivity contribution in [3.8, 4) is 5.75 Å². The lowest BCUT2D eigenvalue weighted by atomic mass is 10.2. The molecule has 1 aromatic carbocycles. The SMILES string of the molecule is COc1ccc(CSc2ccnc(N(C)C)c2)cc1. The Morgan fingerprint density at radius 2 is 1.89 bits per heavy atom. The first-order valence-corrected chi connectivity index (χ1v) is 7.06. The average Bonchev–Trinajstić information content (AvgIpc) is 2.46. The molecule has 1 aromatic heterocycles. The van der Waals surface area contributed by atoms with Crippen LogP contribution in [0.1, 0.15) is 5.56 Å². The highest BCUT2D eigenvalue weighted by Gasteiger charge is 2.01. The smallest absolute Gasteiger partial charge is 0.129 e. The zero-order valence-corrected chi connectivity index (χ0v) is 12.3. The Bertz CT molecular complexity index is 526. The van der Waals surface area contributed by atoms with Gasteiger partial charge in [0.25, 0.3) is 0 Å². The molecule has 0 atom stereocenters. The van der Waals surface area contributed by atoms with E-state index in [2.05, 4.69) is 23.2 Å². The van der Waals surface area contributed by atoms with Crippen LogP contribution in [0.25, 0.3) is 0 Å². The molecule has 19 heavy (non-hydrogen) atoms. The molecule has 0 N–H and O–H groups in total. The molecule has 0 radical (unpaired) electrons. The maximum absolute atomic E-state index is 5.15. The highest BCUT2D eigenvalue weighted by Crippen LogP contribution is 2.25. The number of rotatable bonds is 5. The van der Waals surface area contributed by atoms with Crippen molar-refractivity contribution in [3.63, 3.8) is 0 Å². The molecule has 100 valence electrons. The van der Waals surface area contributed by atoms with Gasteiger partial charge in [0.15, 0.2) is 0 Å². The summed E-state index contributed by atoms with van der Waals surface area (Å²) in [4.78, 5) is 7.56. The van der Waals surface area contributed by atoms with E-state index in [-0.39, 0.29) is 0 Å². The van der Waals surface area contributed by atoms with E-state index >= 15 is 0 Å².